The number of benzene rings is 1. The number of carbonyl (C=O) groups is 1. The van der Waals surface area contributed by atoms with Gasteiger partial charge in [0.15, 0.2) is 23.2 Å². The van der Waals surface area contributed by atoms with E-state index in [1.54, 1.807) is 24.3 Å². The average molecular weight is 390 g/mol. The molecule has 1 saturated heterocycles. The number of amides is 1. The van der Waals surface area contributed by atoms with Gasteiger partial charge in [0.05, 0.1) is 18.3 Å². The summed E-state index contributed by atoms with van der Waals surface area (Å²) in [6.45, 7) is -0.318. The fourth-order valence-electron chi connectivity index (χ4n) is 2.98. The van der Waals surface area contributed by atoms with Crippen LogP contribution >= 0.6 is 11.6 Å². The van der Waals surface area contributed by atoms with E-state index in [9.17, 15) is 15.0 Å². The van der Waals surface area contributed by atoms with Gasteiger partial charge in [-0.1, -0.05) is 18.2 Å². The van der Waals surface area contributed by atoms with Crippen molar-refractivity contribution in [2.45, 2.75) is 23.8 Å². The molecule has 3 N–H and O–H groups in total. The largest absolute Gasteiger partial charge is 0.394 e. The molecule has 1 aliphatic heterocycles. The van der Waals surface area contributed by atoms with Crippen LogP contribution in [-0.2, 0) is 4.74 Å². The predicted molar refractivity (Wildman–Crippen MR) is 96.4 cm³/mol. The van der Waals surface area contributed by atoms with Crippen molar-refractivity contribution in [3.05, 3.63) is 48.5 Å². The van der Waals surface area contributed by atoms with Crippen LogP contribution in [-0.4, -0.2) is 59.8 Å². The van der Waals surface area contributed by atoms with E-state index in [1.165, 1.54) is 17.2 Å². The molecule has 0 radical (unpaired) electrons. The third-order valence-corrected chi connectivity index (χ3v) is 4.91. The van der Waals surface area contributed by atoms with E-state index in [2.05, 4.69) is 20.3 Å². The molecule has 27 heavy (non-hydrogen) atoms. The fraction of sp³-hybridized carbons (Fsp3) is 0.294. The first-order chi connectivity index (χ1) is 13.1. The number of nitrogens with zero attached hydrogens (tertiary/aromatic N) is 4. The maximum Gasteiger partial charge on any atom is 0.256 e. The number of hydrogen-bond acceptors (Lipinski definition) is 7. The van der Waals surface area contributed by atoms with Crippen LogP contribution in [0.15, 0.2) is 43.0 Å². The number of fused-ring (bicyclic) bond motifs is 1. The maximum atomic E-state index is 12.4. The lowest BCUT2D eigenvalue weighted by Gasteiger charge is -2.16. The number of aliphatic hydroxyl groups is 2. The molecule has 0 saturated carbocycles. The number of carbonyl (C=O) groups excluding carboxylic acids is 1. The number of anilines is 1. The Kier molecular flexibility index (Phi) is 4.75. The number of rotatable bonds is 4. The van der Waals surface area contributed by atoms with Crippen molar-refractivity contribution in [3.63, 3.8) is 0 Å². The van der Waals surface area contributed by atoms with Gasteiger partial charge < -0.3 is 20.3 Å². The first kappa shape index (κ1) is 17.8. The lowest BCUT2D eigenvalue weighted by Crippen LogP contribution is -2.28. The number of hydrogen-bond donors (Lipinski definition) is 3. The third kappa shape index (κ3) is 3.15. The first-order valence-corrected chi connectivity index (χ1v) is 8.66. The number of aromatic nitrogens is 4. The highest BCUT2D eigenvalue weighted by Crippen LogP contribution is 2.34. The number of alkyl halides is 1. The Morgan fingerprint density at radius 1 is 1.26 bits per heavy atom. The van der Waals surface area contributed by atoms with Gasteiger partial charge in [-0.3, -0.25) is 9.36 Å². The summed E-state index contributed by atoms with van der Waals surface area (Å²) in [6.07, 6.45) is 0.0859. The number of ether oxygens (including phenoxy) is 1. The van der Waals surface area contributed by atoms with E-state index in [0.29, 0.717) is 16.7 Å². The average Bonchev–Trinajstić information content (AvgIpc) is 3.25. The van der Waals surface area contributed by atoms with E-state index >= 15 is 0 Å². The molecule has 1 amide bonds. The van der Waals surface area contributed by atoms with E-state index in [0.717, 1.165) is 0 Å². The molecule has 140 valence electrons. The zero-order valence-electron chi connectivity index (χ0n) is 13.9. The Hall–Kier alpha value is -2.59. The van der Waals surface area contributed by atoms with Gasteiger partial charge in [-0.05, 0) is 12.1 Å². The van der Waals surface area contributed by atoms with Gasteiger partial charge in [0.2, 0.25) is 0 Å². The van der Waals surface area contributed by atoms with E-state index in [1.807, 2.05) is 6.07 Å². The second kappa shape index (κ2) is 7.20. The van der Waals surface area contributed by atoms with Crippen molar-refractivity contribution >= 4 is 34.5 Å². The molecule has 2 aromatic heterocycles. The van der Waals surface area contributed by atoms with Crippen LogP contribution in [0.5, 0.6) is 0 Å². The SMILES string of the molecule is O=C(Nc1ncnc2c1ncn2[C@@H]1O[C@H](CO)[C@H](Cl)[C@H]1O)c1ccccc1. The minimum atomic E-state index is -1.06. The van der Waals surface area contributed by atoms with Crippen molar-refractivity contribution < 1.29 is 19.7 Å². The third-order valence-electron chi connectivity index (χ3n) is 4.37. The zero-order valence-corrected chi connectivity index (χ0v) is 14.7. The summed E-state index contributed by atoms with van der Waals surface area (Å²) in [5.41, 5.74) is 1.19. The Balaban J connectivity index is 1.65. The second-order valence-electron chi connectivity index (χ2n) is 6.05. The van der Waals surface area contributed by atoms with Gasteiger partial charge in [0.25, 0.3) is 5.91 Å². The maximum absolute atomic E-state index is 12.4. The topological polar surface area (TPSA) is 122 Å². The van der Waals surface area contributed by atoms with Crippen LogP contribution in [0.25, 0.3) is 11.2 Å². The predicted octanol–water partition coefficient (Wildman–Crippen LogP) is 0.937. The Morgan fingerprint density at radius 2 is 2.04 bits per heavy atom. The molecule has 9 nitrogen and oxygen atoms in total. The Labute approximate surface area is 158 Å². The summed E-state index contributed by atoms with van der Waals surface area (Å²) in [5, 5.41) is 21.6. The normalized spacial score (nSPS) is 25.0. The molecule has 3 heterocycles. The molecule has 0 spiro atoms. The first-order valence-electron chi connectivity index (χ1n) is 8.22. The van der Waals surface area contributed by atoms with Crippen LogP contribution in [0, 0.1) is 0 Å². The zero-order chi connectivity index (χ0) is 19.0. The van der Waals surface area contributed by atoms with Crippen molar-refractivity contribution in [1.82, 2.24) is 19.5 Å². The molecule has 10 heteroatoms. The van der Waals surface area contributed by atoms with Crippen LogP contribution in [0.1, 0.15) is 16.6 Å². The van der Waals surface area contributed by atoms with Crippen molar-refractivity contribution in [2.75, 3.05) is 11.9 Å². The molecular weight excluding hydrogens is 374 g/mol. The minimum Gasteiger partial charge on any atom is -0.394 e. The molecule has 0 bridgehead atoms. The second-order valence-corrected chi connectivity index (χ2v) is 6.55. The number of imidazole rings is 1. The standard InChI is InChI=1S/C17H16ClN5O4/c18-11-10(6-24)27-17(13(11)25)23-8-21-12-14(19-7-20-15(12)23)22-16(26)9-4-2-1-3-5-9/h1-5,7-8,10-11,13,17,24-25H,6H2,(H,19,20,22,26)/t10-,11+,13-,17-/m1/s1. The Bertz CT molecular complexity index is 966. The smallest absolute Gasteiger partial charge is 0.256 e. The highest BCUT2D eigenvalue weighted by Gasteiger charge is 2.44. The Morgan fingerprint density at radius 3 is 2.74 bits per heavy atom. The van der Waals surface area contributed by atoms with Crippen LogP contribution in [0.4, 0.5) is 5.82 Å². The molecule has 4 rings (SSSR count). The highest BCUT2D eigenvalue weighted by molar-refractivity contribution is 6.21. The lowest BCUT2D eigenvalue weighted by molar-refractivity contribution is -0.0486. The monoisotopic (exact) mass is 389 g/mol. The van der Waals surface area contributed by atoms with Gasteiger partial charge in [-0.25, -0.2) is 15.0 Å². The van der Waals surface area contributed by atoms with Gasteiger partial charge in [0.1, 0.15) is 18.5 Å². The summed E-state index contributed by atoms with van der Waals surface area (Å²) in [5.74, 6) is -0.0929. The lowest BCUT2D eigenvalue weighted by atomic mass is 10.2. The van der Waals surface area contributed by atoms with Gasteiger partial charge in [-0.15, -0.1) is 11.6 Å². The quantitative estimate of drug-likeness (QED) is 0.567. The summed E-state index contributed by atoms with van der Waals surface area (Å²) in [6, 6.07) is 8.71. The summed E-state index contributed by atoms with van der Waals surface area (Å²) >= 11 is 6.10. The summed E-state index contributed by atoms with van der Waals surface area (Å²) in [7, 11) is 0. The molecular formula is C17H16ClN5O4. The van der Waals surface area contributed by atoms with Crippen LogP contribution < -0.4 is 5.32 Å². The molecule has 1 fully saturated rings. The molecule has 3 aromatic rings. The molecule has 4 atom stereocenters. The van der Waals surface area contributed by atoms with E-state index in [4.69, 9.17) is 16.3 Å². The molecule has 0 aliphatic carbocycles. The van der Waals surface area contributed by atoms with Crippen molar-refractivity contribution in [1.29, 1.82) is 0 Å². The number of halogens is 1. The summed E-state index contributed by atoms with van der Waals surface area (Å²) in [4.78, 5) is 24.9. The fourth-order valence-corrected chi connectivity index (χ4v) is 3.25. The van der Waals surface area contributed by atoms with Crippen molar-refractivity contribution in [2.24, 2.45) is 0 Å². The van der Waals surface area contributed by atoms with Gasteiger partial charge >= 0.3 is 0 Å². The van der Waals surface area contributed by atoms with Gasteiger partial charge in [-0.2, -0.15) is 0 Å². The van der Waals surface area contributed by atoms with E-state index < -0.39 is 23.8 Å². The highest BCUT2D eigenvalue weighted by atomic mass is 35.5. The number of nitrogens with one attached hydrogen (secondary N) is 1. The van der Waals surface area contributed by atoms with Crippen molar-refractivity contribution in [3.8, 4) is 0 Å². The van der Waals surface area contributed by atoms with E-state index in [-0.39, 0.29) is 18.3 Å². The molecule has 1 aromatic carbocycles. The molecule has 1 aliphatic rings. The summed E-state index contributed by atoms with van der Waals surface area (Å²) < 4.78 is 7.13. The van der Waals surface area contributed by atoms with Crippen LogP contribution in [0.2, 0.25) is 0 Å². The number of aliphatic hydroxyl groups excluding tert-OH is 2. The minimum absolute atomic E-state index is 0.237. The van der Waals surface area contributed by atoms with Crippen LogP contribution in [0.3, 0.4) is 0 Å². The van der Waals surface area contributed by atoms with Gasteiger partial charge in [0, 0.05) is 5.56 Å². The molecule has 0 unspecified atom stereocenters.